The van der Waals surface area contributed by atoms with Crippen LogP contribution in [0.4, 0.5) is 0 Å². The zero-order chi connectivity index (χ0) is 13.5. The van der Waals surface area contributed by atoms with E-state index in [1.807, 2.05) is 36.1 Å². The second-order valence-electron chi connectivity index (χ2n) is 4.44. The molecule has 2 rings (SSSR count). The number of hydrogen-bond donors (Lipinski definition) is 1. The van der Waals surface area contributed by atoms with E-state index in [2.05, 4.69) is 9.97 Å². The normalized spacial score (nSPS) is 10.6. The number of aryl methyl sites for hydroxylation is 2. The number of nitrogens with zero attached hydrogens (tertiary/aromatic N) is 3. The molecule has 0 radical (unpaired) electrons. The molecule has 0 spiro atoms. The Hall–Kier alpha value is -1.88. The predicted octanol–water partition coefficient (Wildman–Crippen LogP) is 1.56. The van der Waals surface area contributed by atoms with E-state index in [-0.39, 0.29) is 0 Å². The van der Waals surface area contributed by atoms with Gasteiger partial charge in [0.2, 0.25) is 0 Å². The molecule has 0 unspecified atom stereocenters. The Morgan fingerprint density at radius 1 is 1.37 bits per heavy atom. The highest BCUT2D eigenvalue weighted by molar-refractivity contribution is 5.29. The Balaban J connectivity index is 1.84. The lowest BCUT2D eigenvalue weighted by Crippen LogP contribution is -2.09. The molecule has 0 atom stereocenters. The second-order valence-corrected chi connectivity index (χ2v) is 4.44. The molecule has 0 aliphatic carbocycles. The highest BCUT2D eigenvalue weighted by Gasteiger charge is 2.05. The maximum absolute atomic E-state index is 5.79. The Morgan fingerprint density at radius 3 is 3.00 bits per heavy atom. The summed E-state index contributed by atoms with van der Waals surface area (Å²) in [5.41, 5.74) is 7.54. The molecule has 0 saturated carbocycles. The Bertz CT molecular complexity index is 496. The minimum absolute atomic E-state index is 0.585. The fraction of sp³-hybridized carbons (Fsp3) is 0.429. The van der Waals surface area contributed by atoms with Crippen LogP contribution in [-0.2, 0) is 13.0 Å². The lowest BCUT2D eigenvalue weighted by molar-refractivity contribution is 0.297. The number of nitrogens with two attached hydrogens (primary N) is 1. The van der Waals surface area contributed by atoms with Gasteiger partial charge in [-0.15, -0.1) is 0 Å². The van der Waals surface area contributed by atoms with E-state index >= 15 is 0 Å². The van der Waals surface area contributed by atoms with Crippen LogP contribution in [0.2, 0.25) is 0 Å². The fourth-order valence-corrected chi connectivity index (χ4v) is 1.89. The zero-order valence-corrected chi connectivity index (χ0v) is 11.2. The highest BCUT2D eigenvalue weighted by Crippen LogP contribution is 2.17. The van der Waals surface area contributed by atoms with Crippen molar-refractivity contribution in [2.24, 2.45) is 5.73 Å². The highest BCUT2D eigenvalue weighted by atomic mass is 16.5. The average molecular weight is 260 g/mol. The van der Waals surface area contributed by atoms with Crippen molar-refractivity contribution in [1.29, 1.82) is 0 Å². The molecule has 0 aliphatic rings. The predicted molar refractivity (Wildman–Crippen MR) is 74.1 cm³/mol. The van der Waals surface area contributed by atoms with E-state index < -0.39 is 0 Å². The fourth-order valence-electron chi connectivity index (χ4n) is 1.89. The van der Waals surface area contributed by atoms with Gasteiger partial charge in [-0.25, -0.2) is 4.98 Å². The molecule has 2 aromatic rings. The van der Waals surface area contributed by atoms with E-state index in [9.17, 15) is 0 Å². The maximum atomic E-state index is 5.79. The van der Waals surface area contributed by atoms with Crippen LogP contribution in [0.3, 0.4) is 0 Å². The van der Waals surface area contributed by atoms with Crippen LogP contribution < -0.4 is 10.5 Å². The summed E-state index contributed by atoms with van der Waals surface area (Å²) in [7, 11) is 0. The van der Waals surface area contributed by atoms with Crippen molar-refractivity contribution in [2.75, 3.05) is 13.2 Å². The molecule has 0 amide bonds. The van der Waals surface area contributed by atoms with Crippen molar-refractivity contribution in [3.8, 4) is 5.75 Å². The average Bonchev–Trinajstić information content (AvgIpc) is 2.90. The van der Waals surface area contributed by atoms with Crippen molar-refractivity contribution in [3.05, 3.63) is 42.2 Å². The lowest BCUT2D eigenvalue weighted by Gasteiger charge is -2.11. The van der Waals surface area contributed by atoms with E-state index in [4.69, 9.17) is 10.5 Å². The summed E-state index contributed by atoms with van der Waals surface area (Å²) in [6.45, 7) is 4.14. The van der Waals surface area contributed by atoms with Crippen LogP contribution in [0, 0.1) is 6.92 Å². The van der Waals surface area contributed by atoms with E-state index in [0.717, 1.165) is 36.5 Å². The minimum Gasteiger partial charge on any atom is -0.492 e. The Kier molecular flexibility index (Phi) is 4.92. The van der Waals surface area contributed by atoms with Crippen molar-refractivity contribution >= 4 is 0 Å². The molecule has 19 heavy (non-hydrogen) atoms. The van der Waals surface area contributed by atoms with Gasteiger partial charge in [0.1, 0.15) is 5.75 Å². The smallest absolute Gasteiger partial charge is 0.140 e. The summed E-state index contributed by atoms with van der Waals surface area (Å²) in [5, 5.41) is 0. The van der Waals surface area contributed by atoms with Gasteiger partial charge in [-0.05, 0) is 32.0 Å². The lowest BCUT2D eigenvalue weighted by atomic mass is 10.2. The Morgan fingerprint density at radius 2 is 2.26 bits per heavy atom. The largest absolute Gasteiger partial charge is 0.492 e. The molecular formula is C14H20N4O. The number of hydrogen-bond acceptors (Lipinski definition) is 4. The van der Waals surface area contributed by atoms with Gasteiger partial charge in [0.15, 0.2) is 0 Å². The van der Waals surface area contributed by atoms with Gasteiger partial charge in [-0.3, -0.25) is 4.98 Å². The maximum Gasteiger partial charge on any atom is 0.140 e. The molecule has 0 saturated heterocycles. The monoisotopic (exact) mass is 260 g/mol. The third-order valence-electron chi connectivity index (χ3n) is 2.83. The van der Waals surface area contributed by atoms with Crippen LogP contribution in [0.25, 0.3) is 0 Å². The van der Waals surface area contributed by atoms with Crippen molar-refractivity contribution in [3.63, 3.8) is 0 Å². The zero-order valence-electron chi connectivity index (χ0n) is 11.2. The topological polar surface area (TPSA) is 66.0 Å². The molecule has 0 aromatic carbocycles. The van der Waals surface area contributed by atoms with Crippen molar-refractivity contribution < 1.29 is 4.74 Å². The number of ether oxygens (including phenoxy) is 1. The van der Waals surface area contributed by atoms with E-state index in [1.54, 1.807) is 6.20 Å². The molecule has 5 heteroatoms. The first kappa shape index (κ1) is 13.5. The van der Waals surface area contributed by atoms with Crippen molar-refractivity contribution in [2.45, 2.75) is 26.3 Å². The van der Waals surface area contributed by atoms with Gasteiger partial charge < -0.3 is 15.0 Å². The molecule has 0 fully saturated rings. The molecule has 102 valence electrons. The van der Waals surface area contributed by atoms with Crippen LogP contribution in [0.1, 0.15) is 17.8 Å². The summed E-state index contributed by atoms with van der Waals surface area (Å²) in [4.78, 5) is 8.48. The number of rotatable bonds is 7. The summed E-state index contributed by atoms with van der Waals surface area (Å²) >= 11 is 0. The molecule has 5 nitrogen and oxygen atoms in total. The molecule has 0 bridgehead atoms. The van der Waals surface area contributed by atoms with Gasteiger partial charge in [0.25, 0.3) is 0 Å². The second kappa shape index (κ2) is 6.89. The van der Waals surface area contributed by atoms with Gasteiger partial charge >= 0.3 is 0 Å². The first-order chi connectivity index (χ1) is 9.29. The van der Waals surface area contributed by atoms with Gasteiger partial charge in [-0.2, -0.15) is 0 Å². The van der Waals surface area contributed by atoms with E-state index in [0.29, 0.717) is 13.2 Å². The molecule has 2 aromatic heterocycles. The minimum atomic E-state index is 0.585. The first-order valence-electron chi connectivity index (χ1n) is 6.54. The number of imidazole rings is 1. The van der Waals surface area contributed by atoms with Gasteiger partial charge in [-0.1, -0.05) is 0 Å². The number of aromatic nitrogens is 3. The van der Waals surface area contributed by atoms with Crippen molar-refractivity contribution in [1.82, 2.24) is 14.5 Å². The summed E-state index contributed by atoms with van der Waals surface area (Å²) in [6, 6.07) is 3.94. The summed E-state index contributed by atoms with van der Waals surface area (Å²) in [5.74, 6) is 0.849. The summed E-state index contributed by atoms with van der Waals surface area (Å²) < 4.78 is 7.83. The molecule has 2 heterocycles. The summed E-state index contributed by atoms with van der Waals surface area (Å²) in [6.07, 6.45) is 7.23. The van der Waals surface area contributed by atoms with Crippen LogP contribution >= 0.6 is 0 Å². The number of pyridine rings is 1. The van der Waals surface area contributed by atoms with Gasteiger partial charge in [0, 0.05) is 31.1 Å². The molecular weight excluding hydrogens is 240 g/mol. The quantitative estimate of drug-likeness (QED) is 0.767. The van der Waals surface area contributed by atoms with Gasteiger partial charge in [0.05, 0.1) is 18.6 Å². The SMILES string of the molecule is Cc1ccc(OCCCn2ccnc2)c(CCN)n1. The first-order valence-corrected chi connectivity index (χ1v) is 6.54. The third kappa shape index (κ3) is 4.06. The molecule has 2 N–H and O–H groups in total. The van der Waals surface area contributed by atoms with Crippen LogP contribution in [0.15, 0.2) is 30.9 Å². The molecule has 0 aliphatic heterocycles. The third-order valence-corrected chi connectivity index (χ3v) is 2.83. The van der Waals surface area contributed by atoms with E-state index in [1.165, 1.54) is 0 Å². The Labute approximate surface area is 113 Å². The van der Waals surface area contributed by atoms with Crippen LogP contribution in [0.5, 0.6) is 5.75 Å². The van der Waals surface area contributed by atoms with Crippen LogP contribution in [-0.4, -0.2) is 27.7 Å². The standard InChI is InChI=1S/C14H20N4O/c1-12-3-4-14(13(17-12)5-6-15)19-10-2-8-18-9-7-16-11-18/h3-4,7,9,11H,2,5-6,8,10,15H2,1H3.